The van der Waals surface area contributed by atoms with Crippen LogP contribution in [0.3, 0.4) is 0 Å². The molecule has 3 N–H and O–H groups in total. The monoisotopic (exact) mass is 630 g/mol. The Kier molecular flexibility index (Phi) is 10.8. The number of esters is 2. The van der Waals surface area contributed by atoms with Gasteiger partial charge in [-0.25, -0.2) is 0 Å². The van der Waals surface area contributed by atoms with E-state index in [0.717, 1.165) is 19.3 Å². The van der Waals surface area contributed by atoms with Crippen LogP contribution in [0.1, 0.15) is 126 Å². The van der Waals surface area contributed by atoms with Crippen molar-refractivity contribution in [1.29, 1.82) is 0 Å². The Morgan fingerprint density at radius 3 is 2.18 bits per heavy atom. The minimum Gasteiger partial charge on any atom is -0.457 e. The molecular weight excluding hydrogens is 572 g/mol. The minimum absolute atomic E-state index is 0.107. The summed E-state index contributed by atoms with van der Waals surface area (Å²) in [5.74, 6) is -4.50. The average Bonchev–Trinajstić information content (AvgIpc) is 3.44. The normalized spacial score (nSPS) is 36.9. The van der Waals surface area contributed by atoms with E-state index in [1.54, 1.807) is 26.8 Å². The molecule has 0 spiro atoms. The van der Waals surface area contributed by atoms with E-state index in [1.807, 2.05) is 26.8 Å². The number of hydrogen-bond donors (Lipinski definition) is 3. The van der Waals surface area contributed by atoms with Crippen molar-refractivity contribution in [3.63, 3.8) is 0 Å². The predicted molar refractivity (Wildman–Crippen MR) is 172 cm³/mol. The Bertz CT molecular complexity index is 1190. The lowest BCUT2D eigenvalue weighted by atomic mass is 9.58. The van der Waals surface area contributed by atoms with E-state index in [1.165, 1.54) is 32.1 Å². The Morgan fingerprint density at radius 1 is 1.00 bits per heavy atom. The molecule has 4 rings (SSSR count). The number of Topliss-reactive ketones (excluding diaryl/α,β-unsaturated/α-hetero) is 1. The third-order valence-corrected chi connectivity index (χ3v) is 12.0. The molecule has 0 aliphatic heterocycles. The molecule has 0 aromatic carbocycles. The molecule has 254 valence electrons. The minimum atomic E-state index is -1.94. The highest BCUT2D eigenvalue weighted by atomic mass is 16.6. The van der Waals surface area contributed by atoms with Crippen molar-refractivity contribution in [2.24, 2.45) is 35.0 Å². The lowest BCUT2D eigenvalue weighted by molar-refractivity contribution is -0.236. The number of ether oxygens (including phenoxy) is 2. The number of carbonyl (C=O) groups excluding carboxylic acids is 3. The molecule has 0 unspecified atom stereocenters. The van der Waals surface area contributed by atoms with Crippen LogP contribution in [0.15, 0.2) is 23.3 Å². The fraction of sp³-hybridized carbons (Fsp3) is 0.811. The van der Waals surface area contributed by atoms with Gasteiger partial charge in [0.2, 0.25) is 0 Å². The number of carbonyl (C=O) groups is 3. The van der Waals surface area contributed by atoms with Gasteiger partial charge in [-0.2, -0.15) is 0 Å². The number of ketones is 1. The van der Waals surface area contributed by atoms with Crippen LogP contribution in [0.25, 0.3) is 0 Å². The molecule has 0 aromatic rings. The van der Waals surface area contributed by atoms with Crippen molar-refractivity contribution in [3.05, 3.63) is 23.3 Å². The summed E-state index contributed by atoms with van der Waals surface area (Å²) in [5, 5.41) is 34.7. The van der Waals surface area contributed by atoms with Crippen molar-refractivity contribution in [3.8, 4) is 0 Å². The maximum atomic E-state index is 13.8. The topological polar surface area (TPSA) is 130 Å². The van der Waals surface area contributed by atoms with Gasteiger partial charge in [0.25, 0.3) is 0 Å². The highest BCUT2D eigenvalue weighted by Gasteiger charge is 2.87. The van der Waals surface area contributed by atoms with Crippen LogP contribution in [0.2, 0.25) is 0 Å². The van der Waals surface area contributed by atoms with Crippen LogP contribution in [-0.4, -0.2) is 62.6 Å². The summed E-state index contributed by atoms with van der Waals surface area (Å²) in [7, 11) is 0. The first-order valence-corrected chi connectivity index (χ1v) is 17.6. The first-order valence-electron chi connectivity index (χ1n) is 17.6. The van der Waals surface area contributed by atoms with Crippen LogP contribution >= 0.6 is 0 Å². The van der Waals surface area contributed by atoms with Crippen molar-refractivity contribution in [2.75, 3.05) is 6.61 Å². The van der Waals surface area contributed by atoms with Crippen LogP contribution in [0.4, 0.5) is 0 Å². The second-order valence-electron chi connectivity index (χ2n) is 15.1. The number of aliphatic hydroxyl groups is 3. The molecular formula is C37H58O8. The van der Waals surface area contributed by atoms with Crippen molar-refractivity contribution < 1.29 is 39.2 Å². The molecule has 4 aliphatic rings. The van der Waals surface area contributed by atoms with Crippen molar-refractivity contribution in [1.82, 2.24) is 0 Å². The lowest BCUT2D eigenvalue weighted by Gasteiger charge is -2.54. The summed E-state index contributed by atoms with van der Waals surface area (Å²) >= 11 is 0. The molecule has 2 fully saturated rings. The number of rotatable bonds is 15. The van der Waals surface area contributed by atoms with Crippen molar-refractivity contribution in [2.45, 2.75) is 148 Å². The molecule has 45 heavy (non-hydrogen) atoms. The van der Waals surface area contributed by atoms with Crippen molar-refractivity contribution >= 4 is 17.7 Å². The summed E-state index contributed by atoms with van der Waals surface area (Å²) in [6, 6.07) is 0. The number of aliphatic hydroxyl groups excluding tert-OH is 2. The van der Waals surface area contributed by atoms with E-state index >= 15 is 0 Å². The second kappa shape index (κ2) is 13.6. The van der Waals surface area contributed by atoms with Gasteiger partial charge < -0.3 is 24.8 Å². The summed E-state index contributed by atoms with van der Waals surface area (Å²) in [6.45, 7) is 12.8. The van der Waals surface area contributed by atoms with Crippen LogP contribution in [-0.2, 0) is 23.9 Å². The zero-order valence-corrected chi connectivity index (χ0v) is 28.7. The predicted octanol–water partition coefficient (Wildman–Crippen LogP) is 6.00. The largest absolute Gasteiger partial charge is 0.457 e. The zero-order chi connectivity index (χ0) is 33.4. The summed E-state index contributed by atoms with van der Waals surface area (Å²) in [6.07, 6.45) is 12.9. The van der Waals surface area contributed by atoms with E-state index in [0.29, 0.717) is 24.0 Å². The number of unbranched alkanes of at least 4 members (excludes halogenated alkanes) is 8. The van der Waals surface area contributed by atoms with Gasteiger partial charge >= 0.3 is 11.9 Å². The Morgan fingerprint density at radius 2 is 1.60 bits per heavy atom. The van der Waals surface area contributed by atoms with E-state index in [9.17, 15) is 29.7 Å². The smallest absolute Gasteiger partial charge is 0.309 e. The highest BCUT2D eigenvalue weighted by molar-refractivity contribution is 6.05. The first-order chi connectivity index (χ1) is 21.2. The van der Waals surface area contributed by atoms with Gasteiger partial charge in [0.05, 0.1) is 18.4 Å². The van der Waals surface area contributed by atoms with Gasteiger partial charge in [-0.15, -0.1) is 0 Å². The van der Waals surface area contributed by atoms with Gasteiger partial charge in [-0.1, -0.05) is 105 Å². The maximum Gasteiger partial charge on any atom is 0.309 e. The Labute approximate surface area is 270 Å². The molecule has 4 aliphatic carbocycles. The third kappa shape index (κ3) is 5.86. The van der Waals surface area contributed by atoms with Gasteiger partial charge in [0.15, 0.2) is 5.78 Å². The molecule has 8 heteroatoms. The molecule has 0 amide bonds. The summed E-state index contributed by atoms with van der Waals surface area (Å²) < 4.78 is 12.8. The van der Waals surface area contributed by atoms with E-state index in [2.05, 4.69) is 6.92 Å². The van der Waals surface area contributed by atoms with E-state index in [4.69, 9.17) is 9.47 Å². The zero-order valence-electron chi connectivity index (χ0n) is 28.7. The van der Waals surface area contributed by atoms with Gasteiger partial charge in [-0.05, 0) is 30.9 Å². The van der Waals surface area contributed by atoms with Gasteiger partial charge in [0, 0.05) is 36.0 Å². The first kappa shape index (κ1) is 35.8. The lowest BCUT2D eigenvalue weighted by Crippen LogP contribution is -2.67. The molecule has 0 radical (unpaired) electrons. The molecule has 0 heterocycles. The maximum absolute atomic E-state index is 13.8. The van der Waals surface area contributed by atoms with Crippen LogP contribution in [0.5, 0.6) is 0 Å². The third-order valence-electron chi connectivity index (χ3n) is 12.0. The van der Waals surface area contributed by atoms with Gasteiger partial charge in [-0.3, -0.25) is 14.4 Å². The Balaban J connectivity index is 1.68. The van der Waals surface area contributed by atoms with E-state index < -0.39 is 69.7 Å². The molecule has 2 saturated carbocycles. The Hall–Kier alpha value is -2.03. The molecule has 9 atom stereocenters. The molecule has 0 bridgehead atoms. The second-order valence-corrected chi connectivity index (χ2v) is 15.1. The fourth-order valence-electron chi connectivity index (χ4n) is 9.13. The SMILES string of the molecule is CCCCCCCCCCCC(=O)O[C@]12[C@H](C)[C@@H](O)[C@]3(OC(=O)[C@@H](C)CC)[C@H]([C@@H]1C=C(CO)C[C@]1(O)C(=O)C(C)=C[C@@H]21)C3(C)C. The summed E-state index contributed by atoms with van der Waals surface area (Å²) in [4.78, 5) is 40.5. The number of hydrogen-bond acceptors (Lipinski definition) is 8. The van der Waals surface area contributed by atoms with Crippen LogP contribution in [0, 0.1) is 35.0 Å². The molecule has 0 saturated heterocycles. The number of fused-ring (bicyclic) bond motifs is 5. The highest BCUT2D eigenvalue weighted by Crippen LogP contribution is 2.77. The van der Waals surface area contributed by atoms with E-state index in [-0.39, 0.29) is 25.4 Å². The molecule has 0 aromatic heterocycles. The average molecular weight is 631 g/mol. The molecule has 8 nitrogen and oxygen atoms in total. The standard InChI is InChI=1S/C37H58O8/c1-8-10-11-12-13-14-15-16-17-18-29(39)44-36-25(5)32(41)37(45-33(42)23(3)9-2)30(34(37,6)7)27(36)20-26(22-38)21-35(43)28(36)19-24(4)31(35)40/h19-20,23,25,27-28,30,32,38,41,43H,8-18,21-22H2,1-7H3/t23-,25+,27-,28+,30+,32+,35+,36+,37+/m0/s1. The van der Waals surface area contributed by atoms with Crippen LogP contribution < -0.4 is 0 Å². The quantitative estimate of drug-likeness (QED) is 0.114. The van der Waals surface area contributed by atoms with Gasteiger partial charge in [0.1, 0.15) is 22.9 Å². The fourth-order valence-corrected chi connectivity index (χ4v) is 9.13. The summed E-state index contributed by atoms with van der Waals surface area (Å²) in [5.41, 5.74) is -4.56.